The maximum atomic E-state index is 12.8. The Morgan fingerprint density at radius 2 is 1.93 bits per heavy atom. The maximum absolute atomic E-state index is 12.8. The van der Waals surface area contributed by atoms with Crippen molar-refractivity contribution in [2.75, 3.05) is 25.6 Å². The summed E-state index contributed by atoms with van der Waals surface area (Å²) in [5, 5.41) is 10.7. The van der Waals surface area contributed by atoms with Crippen LogP contribution in [0.4, 0.5) is 5.69 Å². The number of rotatable bonds is 2. The van der Waals surface area contributed by atoms with Crippen molar-refractivity contribution in [2.45, 2.75) is 6.17 Å². The molecule has 0 unspecified atom stereocenters. The van der Waals surface area contributed by atoms with Crippen molar-refractivity contribution >= 4 is 11.6 Å². The van der Waals surface area contributed by atoms with Gasteiger partial charge in [-0.3, -0.25) is 9.89 Å². The van der Waals surface area contributed by atoms with E-state index in [2.05, 4.69) is 15.5 Å². The molecule has 1 amide bonds. The lowest BCUT2D eigenvalue weighted by Gasteiger charge is -2.35. The fraction of sp³-hybridized carbons (Fsp3) is 0.200. The van der Waals surface area contributed by atoms with Crippen LogP contribution in [0.2, 0.25) is 0 Å². The van der Waals surface area contributed by atoms with E-state index in [9.17, 15) is 4.79 Å². The van der Waals surface area contributed by atoms with E-state index in [-0.39, 0.29) is 12.1 Å². The average Bonchev–Trinajstić information content (AvgIpc) is 3.20. The van der Waals surface area contributed by atoms with Crippen molar-refractivity contribution < 1.29 is 14.3 Å². The van der Waals surface area contributed by atoms with E-state index in [1.807, 2.05) is 42.5 Å². The third-order valence-corrected chi connectivity index (χ3v) is 4.95. The van der Waals surface area contributed by atoms with Crippen LogP contribution < -0.4 is 14.8 Å². The van der Waals surface area contributed by atoms with Crippen LogP contribution in [0.1, 0.15) is 22.1 Å². The van der Waals surface area contributed by atoms with Crippen LogP contribution in [0.25, 0.3) is 11.3 Å². The minimum absolute atomic E-state index is 0.0244. The van der Waals surface area contributed by atoms with Gasteiger partial charge in [0.15, 0.2) is 11.5 Å². The van der Waals surface area contributed by atoms with Crippen molar-refractivity contribution in [1.82, 2.24) is 15.1 Å². The first kappa shape index (κ1) is 15.7. The van der Waals surface area contributed by atoms with Crippen LogP contribution in [-0.4, -0.2) is 41.3 Å². The molecule has 2 N–H and O–H groups in total. The standard InChI is InChI=1S/C20H18N4O3/c1-24-19(22-15-5-3-2-4-13(15)20(24)25)14-11-21-23-18(14)12-6-7-16-17(10-12)27-9-8-26-16/h2-7,10-11,19,22H,8-9H2,1H3,(H,21,23)/t19-/m0/s1. The number of ether oxygens (including phenoxy) is 2. The monoisotopic (exact) mass is 362 g/mol. The van der Waals surface area contributed by atoms with Gasteiger partial charge in [-0.15, -0.1) is 0 Å². The molecule has 0 saturated carbocycles. The zero-order chi connectivity index (χ0) is 18.4. The largest absolute Gasteiger partial charge is 0.486 e. The number of hydrogen-bond acceptors (Lipinski definition) is 5. The first-order valence-electron chi connectivity index (χ1n) is 8.78. The highest BCUT2D eigenvalue weighted by molar-refractivity contribution is 6.01. The molecule has 136 valence electrons. The molecule has 27 heavy (non-hydrogen) atoms. The van der Waals surface area contributed by atoms with Crippen molar-refractivity contribution in [3.63, 3.8) is 0 Å². The number of para-hydroxylation sites is 1. The summed E-state index contributed by atoms with van der Waals surface area (Å²) in [6.07, 6.45) is 1.43. The molecule has 2 aromatic carbocycles. The first-order chi connectivity index (χ1) is 13.2. The lowest BCUT2D eigenvalue weighted by atomic mass is 10.0. The van der Waals surface area contributed by atoms with Crippen molar-refractivity contribution in [1.29, 1.82) is 0 Å². The second-order valence-corrected chi connectivity index (χ2v) is 6.57. The summed E-state index contributed by atoms with van der Waals surface area (Å²) in [7, 11) is 1.79. The first-order valence-corrected chi connectivity index (χ1v) is 8.78. The van der Waals surface area contributed by atoms with Crippen molar-refractivity contribution in [3.8, 4) is 22.8 Å². The second-order valence-electron chi connectivity index (χ2n) is 6.57. The van der Waals surface area contributed by atoms with E-state index in [4.69, 9.17) is 9.47 Å². The highest BCUT2D eigenvalue weighted by Gasteiger charge is 2.32. The Kier molecular flexibility index (Phi) is 3.53. The zero-order valence-corrected chi connectivity index (χ0v) is 14.7. The Morgan fingerprint density at radius 3 is 2.81 bits per heavy atom. The summed E-state index contributed by atoms with van der Waals surface area (Å²) >= 11 is 0. The highest BCUT2D eigenvalue weighted by atomic mass is 16.6. The quantitative estimate of drug-likeness (QED) is 0.732. The average molecular weight is 362 g/mol. The molecular weight excluding hydrogens is 344 g/mol. The van der Waals surface area contributed by atoms with Crippen LogP contribution in [0.15, 0.2) is 48.7 Å². The summed E-state index contributed by atoms with van der Waals surface area (Å²) in [4.78, 5) is 14.5. The van der Waals surface area contributed by atoms with Crippen LogP contribution in [0, 0.1) is 0 Å². The molecule has 5 rings (SSSR count). The normalized spacial score (nSPS) is 18.0. The number of H-pyrrole nitrogens is 1. The van der Waals surface area contributed by atoms with Crippen LogP contribution in [-0.2, 0) is 0 Å². The number of hydrogen-bond donors (Lipinski definition) is 2. The summed E-state index contributed by atoms with van der Waals surface area (Å²) < 4.78 is 11.3. The summed E-state index contributed by atoms with van der Waals surface area (Å²) in [6, 6.07) is 13.3. The number of nitrogens with zero attached hydrogens (tertiary/aromatic N) is 2. The predicted octanol–water partition coefficient (Wildman–Crippen LogP) is 3.04. The summed E-state index contributed by atoms with van der Waals surface area (Å²) in [5.74, 6) is 1.43. The molecule has 0 saturated heterocycles. The molecule has 2 aliphatic heterocycles. The molecule has 2 aliphatic rings. The molecule has 0 aliphatic carbocycles. The molecule has 3 heterocycles. The van der Waals surface area contributed by atoms with Gasteiger partial charge in [0.1, 0.15) is 19.4 Å². The van der Waals surface area contributed by atoms with Gasteiger partial charge in [0.25, 0.3) is 5.91 Å². The molecule has 0 radical (unpaired) electrons. The lowest BCUT2D eigenvalue weighted by Crippen LogP contribution is -2.40. The molecule has 0 bridgehead atoms. The molecule has 1 atom stereocenters. The van der Waals surface area contributed by atoms with Gasteiger partial charge in [-0.2, -0.15) is 5.10 Å². The Labute approximate surface area is 155 Å². The Balaban J connectivity index is 1.55. The Morgan fingerprint density at radius 1 is 1.11 bits per heavy atom. The third kappa shape index (κ3) is 2.51. The molecular formula is C20H18N4O3. The van der Waals surface area contributed by atoms with Crippen molar-refractivity contribution in [3.05, 3.63) is 59.8 Å². The fourth-order valence-corrected chi connectivity index (χ4v) is 3.57. The number of nitrogens with one attached hydrogen (secondary N) is 2. The number of amides is 1. The third-order valence-electron chi connectivity index (χ3n) is 4.95. The van der Waals surface area contributed by atoms with E-state index in [1.165, 1.54) is 0 Å². The molecule has 1 aromatic heterocycles. The van der Waals surface area contributed by atoms with E-state index in [1.54, 1.807) is 18.1 Å². The number of anilines is 1. The Hall–Kier alpha value is -3.48. The van der Waals surface area contributed by atoms with E-state index < -0.39 is 0 Å². The molecule has 7 nitrogen and oxygen atoms in total. The molecule has 0 spiro atoms. The minimum atomic E-state index is -0.325. The van der Waals surface area contributed by atoms with Gasteiger partial charge in [0, 0.05) is 23.9 Å². The van der Waals surface area contributed by atoms with Gasteiger partial charge in [-0.25, -0.2) is 0 Å². The van der Waals surface area contributed by atoms with Gasteiger partial charge in [0.2, 0.25) is 0 Å². The number of fused-ring (bicyclic) bond motifs is 2. The number of carbonyl (C=O) groups excluding carboxylic acids is 1. The maximum Gasteiger partial charge on any atom is 0.257 e. The van der Waals surface area contributed by atoms with Gasteiger partial charge < -0.3 is 19.7 Å². The minimum Gasteiger partial charge on any atom is -0.486 e. The Bertz CT molecular complexity index is 1030. The highest BCUT2D eigenvalue weighted by Crippen LogP contribution is 2.38. The predicted molar refractivity (Wildman–Crippen MR) is 99.9 cm³/mol. The van der Waals surface area contributed by atoms with Crippen molar-refractivity contribution in [2.24, 2.45) is 0 Å². The molecule has 3 aromatic rings. The zero-order valence-electron chi connectivity index (χ0n) is 14.7. The van der Waals surface area contributed by atoms with E-state index in [0.717, 1.165) is 28.3 Å². The molecule has 0 fully saturated rings. The van der Waals surface area contributed by atoms with Crippen LogP contribution in [0.3, 0.4) is 0 Å². The second kappa shape index (κ2) is 6.05. The van der Waals surface area contributed by atoms with Gasteiger partial charge in [-0.1, -0.05) is 12.1 Å². The number of aromatic nitrogens is 2. The summed E-state index contributed by atoms with van der Waals surface area (Å²) in [6.45, 7) is 1.09. The van der Waals surface area contributed by atoms with Crippen LogP contribution >= 0.6 is 0 Å². The smallest absolute Gasteiger partial charge is 0.257 e. The van der Waals surface area contributed by atoms with Crippen LogP contribution in [0.5, 0.6) is 11.5 Å². The molecule has 7 heteroatoms. The number of carbonyl (C=O) groups is 1. The lowest BCUT2D eigenvalue weighted by molar-refractivity contribution is 0.0736. The number of aromatic amines is 1. The van der Waals surface area contributed by atoms with Gasteiger partial charge >= 0.3 is 0 Å². The fourth-order valence-electron chi connectivity index (χ4n) is 3.57. The summed E-state index contributed by atoms with van der Waals surface area (Å²) in [5.41, 5.74) is 4.13. The van der Waals surface area contributed by atoms with E-state index in [0.29, 0.717) is 24.5 Å². The van der Waals surface area contributed by atoms with Gasteiger partial charge in [0.05, 0.1) is 17.5 Å². The topological polar surface area (TPSA) is 79.5 Å². The van der Waals surface area contributed by atoms with E-state index >= 15 is 0 Å². The van der Waals surface area contributed by atoms with Gasteiger partial charge in [-0.05, 0) is 30.3 Å². The number of benzene rings is 2. The SMILES string of the molecule is CN1C(=O)c2ccccc2N[C@@H]1c1cn[nH]c1-c1ccc2c(c1)OCCO2.